The van der Waals surface area contributed by atoms with Crippen molar-refractivity contribution in [3.8, 4) is 0 Å². The number of hydrogen-bond donors (Lipinski definition) is 2. The normalized spacial score (nSPS) is 20.9. The van der Waals surface area contributed by atoms with Gasteiger partial charge in [0.25, 0.3) is 0 Å². The van der Waals surface area contributed by atoms with Crippen LogP contribution in [0.15, 0.2) is 24.3 Å². The second kappa shape index (κ2) is 6.91. The van der Waals surface area contributed by atoms with Crippen LogP contribution in [0.4, 0.5) is 4.39 Å². The summed E-state index contributed by atoms with van der Waals surface area (Å²) in [6.45, 7) is 1.71. The molecule has 1 unspecified atom stereocenters. The van der Waals surface area contributed by atoms with Gasteiger partial charge in [0.05, 0.1) is 5.41 Å². The second-order valence-corrected chi connectivity index (χ2v) is 7.13. The van der Waals surface area contributed by atoms with Crippen LogP contribution in [0.2, 0.25) is 0 Å². The van der Waals surface area contributed by atoms with Crippen LogP contribution in [-0.2, 0) is 15.0 Å². The number of nitrogens with one attached hydrogen (secondary N) is 2. The molecule has 130 valence electrons. The number of benzene rings is 1. The summed E-state index contributed by atoms with van der Waals surface area (Å²) in [6, 6.07) is 5.90. The van der Waals surface area contributed by atoms with Crippen LogP contribution in [0.3, 0.4) is 0 Å². The minimum Gasteiger partial charge on any atom is -0.352 e. The first kappa shape index (κ1) is 16.9. The number of hydrogen-bond acceptors (Lipinski definition) is 2. The monoisotopic (exact) mass is 332 g/mol. The van der Waals surface area contributed by atoms with Gasteiger partial charge in [-0.05, 0) is 50.3 Å². The number of carbonyl (C=O) groups is 2. The summed E-state index contributed by atoms with van der Waals surface area (Å²) in [5.41, 5.74) is 0.0129. The Hall–Kier alpha value is -1.91. The fourth-order valence-corrected chi connectivity index (χ4v) is 3.76. The summed E-state index contributed by atoms with van der Waals surface area (Å²) in [5, 5.41) is 5.85. The van der Waals surface area contributed by atoms with E-state index in [1.54, 1.807) is 19.1 Å². The van der Waals surface area contributed by atoms with Crippen LogP contribution in [0.1, 0.15) is 57.4 Å². The molecule has 2 fully saturated rings. The van der Waals surface area contributed by atoms with Gasteiger partial charge in [0, 0.05) is 6.04 Å². The molecule has 24 heavy (non-hydrogen) atoms. The topological polar surface area (TPSA) is 58.2 Å². The summed E-state index contributed by atoms with van der Waals surface area (Å²) < 4.78 is 13.5. The van der Waals surface area contributed by atoms with E-state index < -0.39 is 11.5 Å². The molecular formula is C19H25FN2O2. The summed E-state index contributed by atoms with van der Waals surface area (Å²) in [4.78, 5) is 25.1. The predicted molar refractivity (Wildman–Crippen MR) is 89.9 cm³/mol. The highest BCUT2D eigenvalue weighted by Crippen LogP contribution is 2.44. The van der Waals surface area contributed by atoms with E-state index in [9.17, 15) is 14.0 Å². The van der Waals surface area contributed by atoms with Crippen LogP contribution in [0.5, 0.6) is 0 Å². The molecule has 0 aromatic heterocycles. The molecule has 2 saturated carbocycles. The van der Waals surface area contributed by atoms with Gasteiger partial charge in [-0.15, -0.1) is 0 Å². The van der Waals surface area contributed by atoms with Crippen molar-refractivity contribution in [2.75, 3.05) is 0 Å². The lowest BCUT2D eigenvalue weighted by molar-refractivity contribution is -0.134. The van der Waals surface area contributed by atoms with Crippen LogP contribution >= 0.6 is 0 Å². The van der Waals surface area contributed by atoms with Crippen molar-refractivity contribution >= 4 is 11.8 Å². The van der Waals surface area contributed by atoms with Gasteiger partial charge in [-0.3, -0.25) is 9.59 Å². The Morgan fingerprint density at radius 1 is 1.21 bits per heavy atom. The Morgan fingerprint density at radius 3 is 2.50 bits per heavy atom. The van der Waals surface area contributed by atoms with Crippen molar-refractivity contribution < 1.29 is 14.0 Å². The van der Waals surface area contributed by atoms with E-state index in [0.717, 1.165) is 32.1 Å². The van der Waals surface area contributed by atoms with Crippen molar-refractivity contribution in [2.24, 2.45) is 0 Å². The zero-order valence-electron chi connectivity index (χ0n) is 14.1. The molecule has 3 rings (SSSR count). The maximum Gasteiger partial charge on any atom is 0.242 e. The van der Waals surface area contributed by atoms with E-state index in [1.165, 1.54) is 12.1 Å². The Kier molecular flexibility index (Phi) is 4.88. The molecule has 2 amide bonds. The molecule has 0 saturated heterocycles. The van der Waals surface area contributed by atoms with Crippen LogP contribution in [-0.4, -0.2) is 23.9 Å². The van der Waals surface area contributed by atoms with Gasteiger partial charge >= 0.3 is 0 Å². The highest BCUT2D eigenvalue weighted by Gasteiger charge is 2.46. The Labute approximate surface area is 142 Å². The number of amides is 2. The number of carbonyl (C=O) groups excluding carboxylic acids is 2. The van der Waals surface area contributed by atoms with Gasteiger partial charge in [-0.1, -0.05) is 31.4 Å². The maximum atomic E-state index is 13.5. The lowest BCUT2D eigenvalue weighted by Gasteiger charge is -2.41. The van der Waals surface area contributed by atoms with E-state index in [-0.39, 0.29) is 23.7 Å². The molecular weight excluding hydrogens is 307 g/mol. The minimum atomic E-state index is -0.690. The van der Waals surface area contributed by atoms with Gasteiger partial charge in [0.2, 0.25) is 11.8 Å². The third-order valence-corrected chi connectivity index (χ3v) is 5.46. The molecule has 0 heterocycles. The molecule has 4 nitrogen and oxygen atoms in total. The summed E-state index contributed by atoms with van der Waals surface area (Å²) in [5.74, 6) is -0.643. The zero-order valence-corrected chi connectivity index (χ0v) is 14.1. The average molecular weight is 332 g/mol. The van der Waals surface area contributed by atoms with Crippen LogP contribution in [0, 0.1) is 5.82 Å². The lowest BCUT2D eigenvalue weighted by atomic mass is 9.63. The molecule has 0 bridgehead atoms. The van der Waals surface area contributed by atoms with Crippen LogP contribution in [0.25, 0.3) is 0 Å². The molecule has 1 atom stereocenters. The van der Waals surface area contributed by atoms with Crippen molar-refractivity contribution in [1.82, 2.24) is 10.6 Å². The van der Waals surface area contributed by atoms with Crippen molar-refractivity contribution in [1.29, 1.82) is 0 Å². The average Bonchev–Trinajstić information content (AvgIpc) is 2.99. The standard InChI is InChI=1S/C19H25FN2O2/c1-13(17(23)22-16-8-2-3-9-16)21-18(24)19(10-5-11-19)14-6-4-7-15(20)12-14/h4,6-7,12-13,16H,2-3,5,8-11H2,1H3,(H,21,24)(H,22,23). The molecule has 2 N–H and O–H groups in total. The van der Waals surface area contributed by atoms with Gasteiger partial charge in [0.15, 0.2) is 0 Å². The third-order valence-electron chi connectivity index (χ3n) is 5.46. The molecule has 0 spiro atoms. The van der Waals surface area contributed by atoms with Gasteiger partial charge in [0.1, 0.15) is 11.9 Å². The van der Waals surface area contributed by atoms with Gasteiger partial charge < -0.3 is 10.6 Å². The SMILES string of the molecule is CC(NC(=O)C1(c2cccc(F)c2)CCC1)C(=O)NC1CCCC1. The van der Waals surface area contributed by atoms with E-state index in [1.807, 2.05) is 0 Å². The van der Waals surface area contributed by atoms with E-state index in [2.05, 4.69) is 10.6 Å². The summed E-state index contributed by atoms with van der Waals surface area (Å²) in [7, 11) is 0. The van der Waals surface area contributed by atoms with Crippen LogP contribution < -0.4 is 10.6 Å². The van der Waals surface area contributed by atoms with Crippen molar-refractivity contribution in [3.05, 3.63) is 35.6 Å². The van der Waals surface area contributed by atoms with Crippen molar-refractivity contribution in [3.63, 3.8) is 0 Å². The highest BCUT2D eigenvalue weighted by molar-refractivity contribution is 5.93. The first-order valence-electron chi connectivity index (χ1n) is 8.89. The molecule has 0 radical (unpaired) electrons. The quantitative estimate of drug-likeness (QED) is 0.871. The molecule has 2 aliphatic carbocycles. The molecule has 1 aromatic carbocycles. The summed E-state index contributed by atoms with van der Waals surface area (Å²) >= 11 is 0. The van der Waals surface area contributed by atoms with Gasteiger partial charge in [-0.2, -0.15) is 0 Å². The minimum absolute atomic E-state index is 0.135. The number of halogens is 1. The van der Waals surface area contributed by atoms with Crippen molar-refractivity contribution in [2.45, 2.75) is 69.4 Å². The smallest absolute Gasteiger partial charge is 0.242 e. The van der Waals surface area contributed by atoms with E-state index >= 15 is 0 Å². The predicted octanol–water partition coefficient (Wildman–Crippen LogP) is 2.81. The highest BCUT2D eigenvalue weighted by atomic mass is 19.1. The fraction of sp³-hybridized carbons (Fsp3) is 0.579. The Morgan fingerprint density at radius 2 is 1.92 bits per heavy atom. The zero-order chi connectivity index (χ0) is 17.2. The first-order chi connectivity index (χ1) is 11.5. The van der Waals surface area contributed by atoms with Gasteiger partial charge in [-0.25, -0.2) is 4.39 Å². The molecule has 0 aliphatic heterocycles. The lowest BCUT2D eigenvalue weighted by Crippen LogP contribution is -2.55. The Bertz CT molecular complexity index is 622. The molecule has 1 aromatic rings. The Balaban J connectivity index is 1.65. The maximum absolute atomic E-state index is 13.5. The summed E-state index contributed by atoms with van der Waals surface area (Å²) in [6.07, 6.45) is 6.65. The number of rotatable bonds is 5. The second-order valence-electron chi connectivity index (χ2n) is 7.13. The van der Waals surface area contributed by atoms with E-state index in [0.29, 0.717) is 18.4 Å². The fourth-order valence-electron chi connectivity index (χ4n) is 3.76. The largest absolute Gasteiger partial charge is 0.352 e. The van der Waals surface area contributed by atoms with E-state index in [4.69, 9.17) is 0 Å². The molecule has 2 aliphatic rings. The molecule has 5 heteroatoms. The third kappa shape index (κ3) is 3.30. The first-order valence-corrected chi connectivity index (χ1v) is 8.89.